The zero-order valence-electron chi connectivity index (χ0n) is 21.2. The average molecular weight is 500 g/mol. The Hall–Kier alpha value is -4.13. The Kier molecular flexibility index (Phi) is 6.46. The molecule has 190 valence electrons. The molecule has 2 aliphatic rings. The molecule has 1 amide bonds. The first kappa shape index (κ1) is 24.6. The van der Waals surface area contributed by atoms with Crippen LogP contribution in [-0.4, -0.2) is 55.5 Å². The maximum Gasteiger partial charge on any atom is 0.330 e. The average Bonchev–Trinajstić information content (AvgIpc) is 3.32. The second kappa shape index (κ2) is 9.73. The number of rotatable bonds is 5. The lowest BCUT2D eigenvalue weighted by Crippen LogP contribution is -2.45. The van der Waals surface area contributed by atoms with Crippen LogP contribution in [0.2, 0.25) is 0 Å². The van der Waals surface area contributed by atoms with Crippen molar-refractivity contribution in [1.82, 2.24) is 4.90 Å². The number of hydrogen-bond acceptors (Lipinski definition) is 6. The number of fused-ring (bicyclic) bond motifs is 2. The standard InChI is InChI=1S/C30H29NO6/c1-19(21-6-7-23-16-24(35-2)9-8-22(23)15-21)29(34)31-13-12-30(18-31)17-26(32)25-14-20(4-10-27(25)37-30)5-11-28(33)36-3/h4-11,14-16,19H,12-13,17-18H2,1-3H3/t19-,30?/m0/s1. The Morgan fingerprint density at radius 3 is 2.62 bits per heavy atom. The lowest BCUT2D eigenvalue weighted by atomic mass is 9.88. The second-order valence-corrected chi connectivity index (χ2v) is 9.70. The van der Waals surface area contributed by atoms with E-state index in [1.807, 2.05) is 48.2 Å². The molecule has 7 nitrogen and oxygen atoms in total. The van der Waals surface area contributed by atoms with Crippen molar-refractivity contribution in [2.45, 2.75) is 31.3 Å². The minimum atomic E-state index is -0.719. The maximum atomic E-state index is 13.5. The minimum absolute atomic E-state index is 0.0230. The number of likely N-dealkylation sites (tertiary alicyclic amines) is 1. The number of carbonyl (C=O) groups is 3. The summed E-state index contributed by atoms with van der Waals surface area (Å²) in [4.78, 5) is 39.7. The van der Waals surface area contributed by atoms with Crippen molar-refractivity contribution in [3.05, 3.63) is 77.4 Å². The van der Waals surface area contributed by atoms with Gasteiger partial charge in [0, 0.05) is 19.0 Å². The summed E-state index contributed by atoms with van der Waals surface area (Å²) in [5, 5.41) is 2.11. The summed E-state index contributed by atoms with van der Waals surface area (Å²) < 4.78 is 16.3. The molecule has 3 aromatic carbocycles. The molecule has 0 aromatic heterocycles. The predicted octanol–water partition coefficient (Wildman–Crippen LogP) is 4.77. The zero-order chi connectivity index (χ0) is 26.2. The third kappa shape index (κ3) is 4.81. The maximum absolute atomic E-state index is 13.5. The zero-order valence-corrected chi connectivity index (χ0v) is 21.2. The molecule has 37 heavy (non-hydrogen) atoms. The smallest absolute Gasteiger partial charge is 0.330 e. The molecule has 0 radical (unpaired) electrons. The van der Waals surface area contributed by atoms with E-state index in [-0.39, 0.29) is 24.0 Å². The molecule has 5 rings (SSSR count). The number of ether oxygens (including phenoxy) is 3. The predicted molar refractivity (Wildman–Crippen MR) is 140 cm³/mol. The molecule has 3 aromatic rings. The molecule has 1 fully saturated rings. The summed E-state index contributed by atoms with van der Waals surface area (Å²) in [5.74, 6) is 0.519. The van der Waals surface area contributed by atoms with Gasteiger partial charge in [-0.2, -0.15) is 0 Å². The van der Waals surface area contributed by atoms with E-state index in [0.29, 0.717) is 36.4 Å². The van der Waals surface area contributed by atoms with Crippen LogP contribution in [-0.2, 0) is 14.3 Å². The van der Waals surface area contributed by atoms with Crippen LogP contribution in [0.3, 0.4) is 0 Å². The van der Waals surface area contributed by atoms with Gasteiger partial charge >= 0.3 is 5.97 Å². The molecule has 1 unspecified atom stereocenters. The highest BCUT2D eigenvalue weighted by molar-refractivity contribution is 6.01. The third-order valence-corrected chi connectivity index (χ3v) is 7.30. The number of hydrogen-bond donors (Lipinski definition) is 0. The fourth-order valence-electron chi connectivity index (χ4n) is 5.16. The normalized spacial score (nSPS) is 19.6. The number of benzene rings is 3. The Morgan fingerprint density at radius 2 is 1.84 bits per heavy atom. The van der Waals surface area contributed by atoms with Gasteiger partial charge in [0.05, 0.1) is 38.7 Å². The van der Waals surface area contributed by atoms with Gasteiger partial charge in [-0.3, -0.25) is 9.59 Å². The first-order chi connectivity index (χ1) is 17.8. The fourth-order valence-corrected chi connectivity index (χ4v) is 5.16. The van der Waals surface area contributed by atoms with Crippen LogP contribution in [0.15, 0.2) is 60.7 Å². The second-order valence-electron chi connectivity index (χ2n) is 9.70. The van der Waals surface area contributed by atoms with Crippen LogP contribution in [0.25, 0.3) is 16.8 Å². The van der Waals surface area contributed by atoms with Crippen molar-refractivity contribution in [1.29, 1.82) is 0 Å². The van der Waals surface area contributed by atoms with Crippen LogP contribution in [0.5, 0.6) is 11.5 Å². The van der Waals surface area contributed by atoms with E-state index in [1.165, 1.54) is 13.2 Å². The lowest BCUT2D eigenvalue weighted by Gasteiger charge is -2.35. The summed E-state index contributed by atoms with van der Waals surface area (Å²) >= 11 is 0. The number of carbonyl (C=O) groups excluding carboxylic acids is 3. The molecular weight excluding hydrogens is 470 g/mol. The van der Waals surface area contributed by atoms with Gasteiger partial charge in [0.25, 0.3) is 0 Å². The monoisotopic (exact) mass is 499 g/mol. The van der Waals surface area contributed by atoms with E-state index in [4.69, 9.17) is 9.47 Å². The molecule has 2 aliphatic heterocycles. The van der Waals surface area contributed by atoms with Crippen molar-refractivity contribution >= 4 is 34.5 Å². The lowest BCUT2D eigenvalue weighted by molar-refractivity contribution is -0.135. The van der Waals surface area contributed by atoms with E-state index in [9.17, 15) is 14.4 Å². The van der Waals surface area contributed by atoms with Gasteiger partial charge in [0.2, 0.25) is 5.91 Å². The van der Waals surface area contributed by atoms with Gasteiger partial charge < -0.3 is 19.1 Å². The molecular formula is C30H29NO6. The number of esters is 1. The summed E-state index contributed by atoms with van der Waals surface area (Å²) in [5.41, 5.74) is 1.43. The van der Waals surface area contributed by atoms with Crippen molar-refractivity contribution in [2.24, 2.45) is 0 Å². The number of nitrogens with zero attached hydrogens (tertiary/aromatic N) is 1. The van der Waals surface area contributed by atoms with Gasteiger partial charge in [0.15, 0.2) is 5.78 Å². The Balaban J connectivity index is 1.30. The van der Waals surface area contributed by atoms with E-state index in [0.717, 1.165) is 22.1 Å². The van der Waals surface area contributed by atoms with Crippen molar-refractivity contribution in [3.8, 4) is 11.5 Å². The Bertz CT molecular complexity index is 1430. The SMILES string of the molecule is COC(=O)C=Cc1ccc2c(c1)C(=O)CC1(CCN(C(=O)[C@@H](C)c3ccc4cc(OC)ccc4c3)C1)O2. The number of methoxy groups -OCH3 is 2. The van der Waals surface area contributed by atoms with Gasteiger partial charge in [-0.15, -0.1) is 0 Å². The quantitative estimate of drug-likeness (QED) is 0.371. The molecule has 0 saturated carbocycles. The highest BCUT2D eigenvalue weighted by Gasteiger charge is 2.47. The molecule has 1 spiro atoms. The summed E-state index contributed by atoms with van der Waals surface area (Å²) in [6.07, 6.45) is 3.72. The first-order valence-corrected chi connectivity index (χ1v) is 12.3. The largest absolute Gasteiger partial charge is 0.497 e. The highest BCUT2D eigenvalue weighted by Crippen LogP contribution is 2.40. The van der Waals surface area contributed by atoms with Crippen LogP contribution >= 0.6 is 0 Å². The molecule has 1 saturated heterocycles. The van der Waals surface area contributed by atoms with Crippen molar-refractivity contribution in [3.63, 3.8) is 0 Å². The molecule has 2 heterocycles. The molecule has 2 atom stereocenters. The molecule has 0 aliphatic carbocycles. The van der Waals surface area contributed by atoms with Gasteiger partial charge in [-0.1, -0.05) is 30.3 Å². The van der Waals surface area contributed by atoms with Crippen molar-refractivity contribution in [2.75, 3.05) is 27.3 Å². The third-order valence-electron chi connectivity index (χ3n) is 7.30. The van der Waals surface area contributed by atoms with Gasteiger partial charge in [-0.05, 0) is 59.2 Å². The van der Waals surface area contributed by atoms with Gasteiger partial charge in [0.1, 0.15) is 17.1 Å². The van der Waals surface area contributed by atoms with E-state index in [2.05, 4.69) is 4.74 Å². The van der Waals surface area contributed by atoms with E-state index >= 15 is 0 Å². The number of Topliss-reactive ketones (excluding diaryl/α,β-unsaturated/α-hetero) is 1. The van der Waals surface area contributed by atoms with Crippen LogP contribution in [0.4, 0.5) is 0 Å². The Labute approximate surface area is 215 Å². The van der Waals surface area contributed by atoms with E-state index in [1.54, 1.807) is 31.4 Å². The first-order valence-electron chi connectivity index (χ1n) is 12.3. The van der Waals surface area contributed by atoms with E-state index < -0.39 is 11.6 Å². The van der Waals surface area contributed by atoms with Crippen LogP contribution in [0, 0.1) is 0 Å². The van der Waals surface area contributed by atoms with Crippen LogP contribution in [0.1, 0.15) is 47.2 Å². The molecule has 0 N–H and O–H groups in total. The minimum Gasteiger partial charge on any atom is -0.497 e. The number of amides is 1. The highest BCUT2D eigenvalue weighted by atomic mass is 16.5. The fraction of sp³-hybridized carbons (Fsp3) is 0.300. The molecule has 7 heteroatoms. The summed E-state index contributed by atoms with van der Waals surface area (Å²) in [7, 11) is 2.95. The number of ketones is 1. The van der Waals surface area contributed by atoms with Crippen LogP contribution < -0.4 is 9.47 Å². The van der Waals surface area contributed by atoms with Gasteiger partial charge in [-0.25, -0.2) is 4.79 Å². The van der Waals surface area contributed by atoms with Crippen molar-refractivity contribution < 1.29 is 28.6 Å². The summed E-state index contributed by atoms with van der Waals surface area (Å²) in [6.45, 7) is 2.83. The topological polar surface area (TPSA) is 82.1 Å². The molecule has 0 bridgehead atoms. The Morgan fingerprint density at radius 1 is 1.05 bits per heavy atom. The summed E-state index contributed by atoms with van der Waals surface area (Å²) in [6, 6.07) is 17.2.